The molecule has 0 saturated heterocycles. The zero-order valence-corrected chi connectivity index (χ0v) is 14.9. The summed E-state index contributed by atoms with van der Waals surface area (Å²) in [6, 6.07) is 12.0. The van der Waals surface area contributed by atoms with Crippen molar-refractivity contribution in [2.75, 3.05) is 6.61 Å². The number of benzene rings is 1. The molecule has 1 aromatic heterocycles. The number of nitrogens with one attached hydrogen (secondary N) is 2. The minimum absolute atomic E-state index is 0.115. The number of hydrogen-bond acceptors (Lipinski definition) is 5. The maximum Gasteiger partial charge on any atom is 0.355 e. The highest BCUT2D eigenvalue weighted by atomic mass is 16.5. The van der Waals surface area contributed by atoms with Crippen molar-refractivity contribution in [3.63, 3.8) is 0 Å². The third kappa shape index (κ3) is 5.96. The Morgan fingerprint density at radius 1 is 1.04 bits per heavy atom. The molecule has 27 heavy (non-hydrogen) atoms. The molecule has 0 atom stereocenters. The summed E-state index contributed by atoms with van der Waals surface area (Å²) in [4.78, 5) is 47.3. The molecule has 2 rings (SSSR count). The molecule has 140 valence electrons. The summed E-state index contributed by atoms with van der Waals surface area (Å²) in [5.74, 6) is -2.74. The van der Waals surface area contributed by atoms with Crippen molar-refractivity contribution in [1.82, 2.24) is 15.2 Å². The van der Waals surface area contributed by atoms with Crippen molar-refractivity contribution < 1.29 is 23.9 Å². The van der Waals surface area contributed by atoms with Gasteiger partial charge in [-0.05, 0) is 23.8 Å². The van der Waals surface area contributed by atoms with E-state index in [-0.39, 0.29) is 11.4 Å². The van der Waals surface area contributed by atoms with E-state index in [4.69, 9.17) is 4.74 Å². The Hall–Kier alpha value is -3.68. The van der Waals surface area contributed by atoms with E-state index in [1.807, 2.05) is 6.07 Å². The fraction of sp³-hybridized carbons (Fsp3) is 0.158. The highest BCUT2D eigenvalue weighted by molar-refractivity contribution is 6.05. The van der Waals surface area contributed by atoms with Crippen LogP contribution < -0.4 is 10.6 Å². The molecule has 0 unspecified atom stereocenters. The van der Waals surface area contributed by atoms with Gasteiger partial charge < -0.3 is 14.6 Å². The standard InChI is InChI=1S/C19H19N3O5/c1-13(23)20-15(11-14-7-4-3-5-8-14)19(26)27-12-17(24)21-18(25)16-9-6-10-22(16)2/h3-11H,12H2,1-2H3,(H,20,23)(H,21,24,25)/b15-11-. The van der Waals surface area contributed by atoms with Crippen molar-refractivity contribution >= 4 is 29.8 Å². The average molecular weight is 369 g/mol. The number of ether oxygens (including phenoxy) is 1. The second-order valence-corrected chi connectivity index (χ2v) is 5.61. The summed E-state index contributed by atoms with van der Waals surface area (Å²) >= 11 is 0. The predicted molar refractivity (Wildman–Crippen MR) is 97.1 cm³/mol. The second-order valence-electron chi connectivity index (χ2n) is 5.61. The van der Waals surface area contributed by atoms with E-state index in [0.29, 0.717) is 5.56 Å². The molecule has 2 N–H and O–H groups in total. The quantitative estimate of drug-likeness (QED) is 0.584. The monoisotopic (exact) mass is 369 g/mol. The van der Waals surface area contributed by atoms with Gasteiger partial charge in [-0.3, -0.25) is 19.7 Å². The minimum Gasteiger partial charge on any atom is -0.451 e. The van der Waals surface area contributed by atoms with Crippen molar-refractivity contribution in [2.24, 2.45) is 7.05 Å². The van der Waals surface area contributed by atoms with Crippen molar-refractivity contribution in [3.8, 4) is 0 Å². The van der Waals surface area contributed by atoms with Crippen molar-refractivity contribution in [1.29, 1.82) is 0 Å². The summed E-state index contributed by atoms with van der Waals surface area (Å²) in [5.41, 5.74) is 0.842. The number of aromatic nitrogens is 1. The van der Waals surface area contributed by atoms with E-state index >= 15 is 0 Å². The number of esters is 1. The van der Waals surface area contributed by atoms with Crippen LogP contribution >= 0.6 is 0 Å². The van der Waals surface area contributed by atoms with Gasteiger partial charge in [0, 0.05) is 20.2 Å². The number of nitrogens with zero attached hydrogens (tertiary/aromatic N) is 1. The SMILES string of the molecule is CC(=O)N/C(=C\c1ccccc1)C(=O)OCC(=O)NC(=O)c1cccn1C. The van der Waals surface area contributed by atoms with E-state index in [2.05, 4.69) is 10.6 Å². The molecule has 8 heteroatoms. The Morgan fingerprint density at radius 3 is 2.33 bits per heavy atom. The zero-order chi connectivity index (χ0) is 19.8. The first kappa shape index (κ1) is 19.6. The molecule has 0 aliphatic carbocycles. The third-order valence-corrected chi connectivity index (χ3v) is 3.40. The van der Waals surface area contributed by atoms with Crippen LogP contribution in [-0.2, 0) is 26.2 Å². The van der Waals surface area contributed by atoms with Crippen LogP contribution in [0, 0.1) is 0 Å². The molecule has 0 aliphatic rings. The Kier molecular flexibility index (Phi) is 6.65. The second kappa shape index (κ2) is 9.14. The Balaban J connectivity index is 1.97. The fourth-order valence-corrected chi connectivity index (χ4v) is 2.18. The van der Waals surface area contributed by atoms with Crippen LogP contribution in [0.25, 0.3) is 6.08 Å². The van der Waals surface area contributed by atoms with E-state index in [1.165, 1.54) is 13.0 Å². The highest BCUT2D eigenvalue weighted by Gasteiger charge is 2.17. The van der Waals surface area contributed by atoms with Crippen LogP contribution in [-0.4, -0.2) is 34.9 Å². The van der Waals surface area contributed by atoms with E-state index in [9.17, 15) is 19.2 Å². The lowest BCUT2D eigenvalue weighted by molar-refractivity contribution is -0.145. The lowest BCUT2D eigenvalue weighted by Crippen LogP contribution is -2.36. The lowest BCUT2D eigenvalue weighted by atomic mass is 10.2. The maximum atomic E-state index is 12.2. The van der Waals surface area contributed by atoms with Gasteiger partial charge >= 0.3 is 5.97 Å². The van der Waals surface area contributed by atoms with Crippen LogP contribution in [0.2, 0.25) is 0 Å². The number of imide groups is 1. The molecule has 0 aliphatic heterocycles. The average Bonchev–Trinajstić information content (AvgIpc) is 3.05. The molecule has 0 spiro atoms. The number of carbonyl (C=O) groups is 4. The van der Waals surface area contributed by atoms with Crippen LogP contribution in [0.5, 0.6) is 0 Å². The third-order valence-electron chi connectivity index (χ3n) is 3.40. The molecule has 0 radical (unpaired) electrons. The minimum atomic E-state index is -0.893. The molecular formula is C19H19N3O5. The first-order valence-corrected chi connectivity index (χ1v) is 8.04. The summed E-state index contributed by atoms with van der Waals surface area (Å²) in [7, 11) is 1.66. The van der Waals surface area contributed by atoms with Gasteiger partial charge in [0.05, 0.1) is 0 Å². The van der Waals surface area contributed by atoms with Gasteiger partial charge in [-0.25, -0.2) is 4.79 Å². The van der Waals surface area contributed by atoms with E-state index < -0.39 is 30.3 Å². The van der Waals surface area contributed by atoms with Gasteiger partial charge in [0.1, 0.15) is 11.4 Å². The molecule has 0 saturated carbocycles. The Labute approximate surface area is 155 Å². The van der Waals surface area contributed by atoms with Gasteiger partial charge in [-0.15, -0.1) is 0 Å². The van der Waals surface area contributed by atoms with Gasteiger partial charge in [-0.2, -0.15) is 0 Å². The zero-order valence-electron chi connectivity index (χ0n) is 14.9. The molecule has 1 aromatic carbocycles. The molecule has 1 heterocycles. The van der Waals surface area contributed by atoms with Gasteiger partial charge in [-0.1, -0.05) is 30.3 Å². The fourth-order valence-electron chi connectivity index (χ4n) is 2.18. The normalized spacial score (nSPS) is 10.8. The topological polar surface area (TPSA) is 106 Å². The molecule has 0 fully saturated rings. The van der Waals surface area contributed by atoms with Crippen LogP contribution in [0.4, 0.5) is 0 Å². The van der Waals surface area contributed by atoms with Crippen LogP contribution in [0.3, 0.4) is 0 Å². The summed E-state index contributed by atoms with van der Waals surface area (Å²) in [5, 5.41) is 4.49. The Morgan fingerprint density at radius 2 is 1.74 bits per heavy atom. The van der Waals surface area contributed by atoms with Crippen molar-refractivity contribution in [2.45, 2.75) is 6.92 Å². The van der Waals surface area contributed by atoms with Crippen LogP contribution in [0.15, 0.2) is 54.4 Å². The van der Waals surface area contributed by atoms with E-state index in [0.717, 1.165) is 0 Å². The number of aryl methyl sites for hydroxylation is 1. The summed E-state index contributed by atoms with van der Waals surface area (Å²) in [6.45, 7) is 0.581. The predicted octanol–water partition coefficient (Wildman–Crippen LogP) is 1.00. The number of hydrogen-bond donors (Lipinski definition) is 2. The molecule has 3 amide bonds. The first-order valence-electron chi connectivity index (χ1n) is 8.04. The maximum absolute atomic E-state index is 12.2. The smallest absolute Gasteiger partial charge is 0.355 e. The van der Waals surface area contributed by atoms with Gasteiger partial charge in [0.15, 0.2) is 6.61 Å². The highest BCUT2D eigenvalue weighted by Crippen LogP contribution is 2.06. The molecule has 0 bridgehead atoms. The Bertz CT molecular complexity index is 884. The van der Waals surface area contributed by atoms with Gasteiger partial charge in [0.25, 0.3) is 11.8 Å². The molecular weight excluding hydrogens is 350 g/mol. The van der Waals surface area contributed by atoms with Crippen LogP contribution in [0.1, 0.15) is 23.0 Å². The first-order chi connectivity index (χ1) is 12.9. The van der Waals surface area contributed by atoms with Crippen molar-refractivity contribution in [3.05, 3.63) is 65.6 Å². The lowest BCUT2D eigenvalue weighted by Gasteiger charge is -2.09. The van der Waals surface area contributed by atoms with Gasteiger partial charge in [0.2, 0.25) is 5.91 Å². The number of carbonyl (C=O) groups excluding carboxylic acids is 4. The number of amides is 3. The van der Waals surface area contributed by atoms with E-state index in [1.54, 1.807) is 54.2 Å². The summed E-state index contributed by atoms with van der Waals surface area (Å²) in [6.07, 6.45) is 3.09. The largest absolute Gasteiger partial charge is 0.451 e. The molecule has 8 nitrogen and oxygen atoms in total. The summed E-state index contributed by atoms with van der Waals surface area (Å²) < 4.78 is 6.44. The molecule has 2 aromatic rings. The number of rotatable bonds is 6.